The van der Waals surface area contributed by atoms with E-state index in [4.69, 9.17) is 33.2 Å². The number of aliphatic hydroxyl groups is 1. The van der Waals surface area contributed by atoms with Gasteiger partial charge < -0.3 is 38.3 Å². The van der Waals surface area contributed by atoms with Gasteiger partial charge >= 0.3 is 5.97 Å². The van der Waals surface area contributed by atoms with Crippen molar-refractivity contribution in [3.63, 3.8) is 0 Å². The fourth-order valence-corrected chi connectivity index (χ4v) is 12.3. The van der Waals surface area contributed by atoms with Gasteiger partial charge in [-0.05, 0) is 49.9 Å². The molecule has 1 spiro atoms. The largest absolute Gasteiger partial charge is 0.493 e. The predicted molar refractivity (Wildman–Crippen MR) is 160 cm³/mol. The van der Waals surface area contributed by atoms with Gasteiger partial charge in [0.2, 0.25) is 0 Å². The second-order valence-electron chi connectivity index (χ2n) is 14.2. The molecule has 5 aliphatic carbocycles. The Balaban J connectivity index is 1.37. The van der Waals surface area contributed by atoms with Crippen molar-refractivity contribution in [2.45, 2.75) is 68.7 Å². The normalized spacial score (nSPS) is 46.5. The topological polar surface area (TPSA) is 105 Å². The van der Waals surface area contributed by atoms with Crippen molar-refractivity contribution in [3.05, 3.63) is 23.8 Å². The highest BCUT2D eigenvalue weighted by atomic mass is 16.6. The Kier molecular flexibility index (Phi) is 7.54. The molecule has 6 aliphatic rings. The van der Waals surface area contributed by atoms with Crippen molar-refractivity contribution < 1.29 is 43.1 Å². The third-order valence-electron chi connectivity index (χ3n) is 13.2. The maximum atomic E-state index is 13.9. The molecule has 1 heterocycles. The minimum absolute atomic E-state index is 0.00317. The number of nitrogens with zero attached hydrogens (tertiary/aromatic N) is 1. The lowest BCUT2D eigenvalue weighted by Crippen LogP contribution is -2.76. The monoisotopic (exact) mass is 615 g/mol. The summed E-state index contributed by atoms with van der Waals surface area (Å²) in [6.07, 6.45) is 2.27. The van der Waals surface area contributed by atoms with Crippen LogP contribution in [0.3, 0.4) is 0 Å². The number of fused-ring (bicyclic) bond motifs is 2. The van der Waals surface area contributed by atoms with Gasteiger partial charge in [0.1, 0.15) is 6.10 Å². The maximum absolute atomic E-state index is 13.9. The van der Waals surface area contributed by atoms with Gasteiger partial charge in [-0.2, -0.15) is 0 Å². The number of benzene rings is 1. The summed E-state index contributed by atoms with van der Waals surface area (Å²) in [6.45, 7) is 4.66. The number of hydrogen-bond donors (Lipinski definition) is 1. The summed E-state index contributed by atoms with van der Waals surface area (Å²) >= 11 is 0. The van der Waals surface area contributed by atoms with E-state index in [1.165, 1.54) is 0 Å². The number of ether oxygens (including phenoxy) is 7. The fourth-order valence-electron chi connectivity index (χ4n) is 12.3. The van der Waals surface area contributed by atoms with Crippen molar-refractivity contribution in [2.75, 3.05) is 62.4 Å². The van der Waals surface area contributed by atoms with Gasteiger partial charge in [-0.15, -0.1) is 0 Å². The summed E-state index contributed by atoms with van der Waals surface area (Å²) in [7, 11) is 10.3. The Hall–Kier alpha value is -1.95. The molecule has 1 unspecified atom stereocenters. The van der Waals surface area contributed by atoms with Gasteiger partial charge in [-0.3, -0.25) is 4.90 Å². The van der Waals surface area contributed by atoms with Crippen molar-refractivity contribution in [1.82, 2.24) is 4.90 Å². The Bertz CT molecular complexity index is 1280. The zero-order chi connectivity index (χ0) is 31.2. The number of carbonyl (C=O) groups is 1. The molecule has 10 nitrogen and oxygen atoms in total. The van der Waals surface area contributed by atoms with Crippen molar-refractivity contribution in [1.29, 1.82) is 0 Å². The second-order valence-corrected chi connectivity index (χ2v) is 14.2. The van der Waals surface area contributed by atoms with Gasteiger partial charge in [0.05, 0.1) is 50.3 Å². The number of piperidine rings is 1. The van der Waals surface area contributed by atoms with Crippen molar-refractivity contribution >= 4 is 5.97 Å². The van der Waals surface area contributed by atoms with E-state index in [-0.39, 0.29) is 64.8 Å². The van der Waals surface area contributed by atoms with Crippen LogP contribution < -0.4 is 9.47 Å². The first-order chi connectivity index (χ1) is 21.2. The van der Waals surface area contributed by atoms with Crippen LogP contribution in [0.5, 0.6) is 11.5 Å². The molecule has 0 radical (unpaired) electrons. The molecule has 244 valence electrons. The molecule has 1 saturated heterocycles. The van der Waals surface area contributed by atoms with Gasteiger partial charge in [-0.1, -0.05) is 6.92 Å². The zero-order valence-corrected chi connectivity index (χ0v) is 27.1. The van der Waals surface area contributed by atoms with Crippen molar-refractivity contribution in [3.8, 4) is 11.5 Å². The lowest BCUT2D eigenvalue weighted by atomic mass is 9.43. The molecule has 1 aliphatic heterocycles. The van der Waals surface area contributed by atoms with E-state index in [2.05, 4.69) is 11.8 Å². The van der Waals surface area contributed by atoms with Crippen LogP contribution in [0.25, 0.3) is 0 Å². The van der Waals surface area contributed by atoms with Gasteiger partial charge in [-0.25, -0.2) is 4.79 Å². The van der Waals surface area contributed by atoms with Crippen LogP contribution in [0.1, 0.15) is 43.0 Å². The summed E-state index contributed by atoms with van der Waals surface area (Å²) < 4.78 is 42.5. The molecule has 6 fully saturated rings. The Labute approximate surface area is 260 Å². The Morgan fingerprint density at radius 3 is 2.41 bits per heavy atom. The third-order valence-corrected chi connectivity index (χ3v) is 13.2. The number of rotatable bonds is 10. The standard InChI is InChI=1S/C34H49NO9/c1-8-35-16-32(17-38-2)12-11-24(42-6)34-20-14-19-23(41-5)15-33(37,26(30(34)35)28(43-7)29(32)34)25(20)27(19)44-31(36)18-9-10-21(39-3)22(13-18)40-4/h9-10,13,19-20,23-30,37H,8,11-12,14-17H2,1-7H3/t19-,20-,23+,24+,25-,26+,27+,28+,29-,30?,32+,33-,34+/m1/s1. The molecule has 10 heteroatoms. The SMILES string of the molecule is CCN1C[C@]2(COC)CC[C@H](OC)[C@]34C1[C@H]([C@H](OC)[C@H]23)[C@@]1(O)C[C@H](OC)[C@H]2C[C@@H]4[C@@H]1[C@H]2OC(=O)c1ccc(OC)c(OC)c1. The summed E-state index contributed by atoms with van der Waals surface area (Å²) in [5.74, 6) is 0.288. The van der Waals surface area contributed by atoms with Crippen LogP contribution in [-0.2, 0) is 23.7 Å². The summed E-state index contributed by atoms with van der Waals surface area (Å²) in [4.78, 5) is 16.5. The Morgan fingerprint density at radius 1 is 1.00 bits per heavy atom. The van der Waals surface area contributed by atoms with Crippen LogP contribution >= 0.6 is 0 Å². The van der Waals surface area contributed by atoms with E-state index in [0.29, 0.717) is 30.1 Å². The van der Waals surface area contributed by atoms with Crippen LogP contribution in [-0.4, -0.2) is 114 Å². The summed E-state index contributed by atoms with van der Waals surface area (Å²) in [6, 6.07) is 5.16. The molecule has 7 bridgehead atoms. The van der Waals surface area contributed by atoms with E-state index in [9.17, 15) is 9.90 Å². The molecule has 7 rings (SSSR count). The summed E-state index contributed by atoms with van der Waals surface area (Å²) in [5, 5.41) is 13.2. The number of hydrogen-bond acceptors (Lipinski definition) is 10. The molecule has 0 aromatic heterocycles. The quantitative estimate of drug-likeness (QED) is 0.395. The zero-order valence-electron chi connectivity index (χ0n) is 27.1. The van der Waals surface area contributed by atoms with Crippen LogP contribution in [0.4, 0.5) is 0 Å². The first kappa shape index (κ1) is 30.7. The maximum Gasteiger partial charge on any atom is 0.338 e. The van der Waals surface area contributed by atoms with Crippen LogP contribution in [0.2, 0.25) is 0 Å². The van der Waals surface area contributed by atoms with E-state index in [0.717, 1.165) is 32.4 Å². The fraction of sp³-hybridized carbons (Fsp3) is 0.794. The van der Waals surface area contributed by atoms with E-state index in [1.807, 2.05) is 7.11 Å². The van der Waals surface area contributed by atoms with Crippen molar-refractivity contribution in [2.24, 2.45) is 40.4 Å². The Morgan fingerprint density at radius 2 is 1.77 bits per heavy atom. The number of carbonyl (C=O) groups excluding carboxylic acids is 1. The average Bonchev–Trinajstić information content (AvgIpc) is 3.47. The highest BCUT2D eigenvalue weighted by molar-refractivity contribution is 5.90. The molecule has 1 N–H and O–H groups in total. The molecule has 1 aromatic rings. The smallest absolute Gasteiger partial charge is 0.338 e. The van der Waals surface area contributed by atoms with E-state index in [1.54, 1.807) is 53.7 Å². The number of esters is 1. The van der Waals surface area contributed by atoms with E-state index < -0.39 is 17.7 Å². The molecule has 1 aromatic carbocycles. The number of methoxy groups -OCH3 is 6. The average molecular weight is 616 g/mol. The minimum Gasteiger partial charge on any atom is -0.493 e. The van der Waals surface area contributed by atoms with Gasteiger partial charge in [0.25, 0.3) is 0 Å². The first-order valence-corrected chi connectivity index (χ1v) is 16.2. The highest BCUT2D eigenvalue weighted by Crippen LogP contribution is 2.79. The summed E-state index contributed by atoms with van der Waals surface area (Å²) in [5.41, 5.74) is -1.17. The predicted octanol–water partition coefficient (Wildman–Crippen LogP) is 3.04. The van der Waals surface area contributed by atoms with Gasteiger partial charge in [0, 0.05) is 81.9 Å². The van der Waals surface area contributed by atoms with E-state index >= 15 is 0 Å². The molecule has 44 heavy (non-hydrogen) atoms. The highest BCUT2D eigenvalue weighted by Gasteiger charge is 2.86. The first-order valence-electron chi connectivity index (χ1n) is 16.2. The minimum atomic E-state index is -1.15. The lowest BCUT2D eigenvalue weighted by Gasteiger charge is -2.69. The molecule has 5 saturated carbocycles. The molecular weight excluding hydrogens is 566 g/mol. The third kappa shape index (κ3) is 3.67. The number of likely N-dealkylation sites (tertiary alicyclic amines) is 1. The van der Waals surface area contributed by atoms with Crippen LogP contribution in [0, 0.1) is 40.4 Å². The van der Waals surface area contributed by atoms with Crippen LogP contribution in [0.15, 0.2) is 18.2 Å². The molecule has 13 atom stereocenters. The van der Waals surface area contributed by atoms with Gasteiger partial charge in [0.15, 0.2) is 11.5 Å². The molecule has 0 amide bonds. The second kappa shape index (κ2) is 10.8. The molecular formula is C34H49NO9. The lowest BCUT2D eigenvalue weighted by molar-refractivity contribution is -0.276.